The van der Waals surface area contributed by atoms with E-state index in [9.17, 15) is 5.11 Å². The van der Waals surface area contributed by atoms with Crippen LogP contribution in [0.25, 0.3) is 0 Å². The van der Waals surface area contributed by atoms with E-state index in [0.717, 1.165) is 24.1 Å². The number of phenolic OH excluding ortho intramolecular Hbond substituents is 1. The minimum Gasteiger partial charge on any atom is -0.508 e. The van der Waals surface area contributed by atoms with E-state index in [1.807, 2.05) is 12.1 Å². The molecular weight excluding hydrogens is 212 g/mol. The average molecular weight is 234 g/mol. The molecule has 94 valence electrons. The molecule has 3 N–H and O–H groups in total. The summed E-state index contributed by atoms with van der Waals surface area (Å²) in [5.41, 5.74) is 7.74. The van der Waals surface area contributed by atoms with Crippen LogP contribution in [0, 0.1) is 0 Å². The molecular formula is C14H22N2O. The van der Waals surface area contributed by atoms with Crippen LogP contribution in [0.5, 0.6) is 5.75 Å². The summed E-state index contributed by atoms with van der Waals surface area (Å²) in [5, 5.41) is 9.80. The van der Waals surface area contributed by atoms with Crippen LogP contribution < -0.4 is 5.73 Å². The van der Waals surface area contributed by atoms with Crippen LogP contribution in [-0.2, 0) is 13.0 Å². The lowest BCUT2D eigenvalue weighted by Gasteiger charge is -2.26. The van der Waals surface area contributed by atoms with E-state index in [4.69, 9.17) is 5.73 Å². The highest BCUT2D eigenvalue weighted by molar-refractivity contribution is 5.36. The Morgan fingerprint density at radius 2 is 1.94 bits per heavy atom. The number of phenols is 1. The Hall–Kier alpha value is -1.06. The lowest BCUT2D eigenvalue weighted by Crippen LogP contribution is -2.31. The quantitative estimate of drug-likeness (QED) is 0.836. The van der Waals surface area contributed by atoms with Crippen LogP contribution in [0.4, 0.5) is 0 Å². The summed E-state index contributed by atoms with van der Waals surface area (Å²) in [4.78, 5) is 2.48. The molecule has 2 rings (SSSR count). The molecule has 0 spiro atoms. The van der Waals surface area contributed by atoms with Gasteiger partial charge in [0.05, 0.1) is 0 Å². The first-order valence-corrected chi connectivity index (χ1v) is 6.53. The highest BCUT2D eigenvalue weighted by Gasteiger charge is 2.11. The summed E-state index contributed by atoms with van der Waals surface area (Å²) in [6, 6.07) is 5.67. The van der Waals surface area contributed by atoms with E-state index in [-0.39, 0.29) is 0 Å². The number of hydrogen-bond acceptors (Lipinski definition) is 3. The van der Waals surface area contributed by atoms with Gasteiger partial charge in [-0.15, -0.1) is 0 Å². The summed E-state index contributed by atoms with van der Waals surface area (Å²) >= 11 is 0. The second-order valence-electron chi connectivity index (χ2n) is 4.82. The first-order valence-electron chi connectivity index (χ1n) is 6.53. The Morgan fingerprint density at radius 3 is 2.65 bits per heavy atom. The number of rotatable bonds is 4. The molecule has 1 aliphatic rings. The third-order valence-electron chi connectivity index (χ3n) is 3.53. The van der Waals surface area contributed by atoms with Gasteiger partial charge in [0.1, 0.15) is 5.75 Å². The zero-order valence-electron chi connectivity index (χ0n) is 10.4. The summed E-state index contributed by atoms with van der Waals surface area (Å²) in [6.45, 7) is 3.99. The zero-order chi connectivity index (χ0) is 12.1. The van der Waals surface area contributed by atoms with E-state index >= 15 is 0 Å². The smallest absolute Gasteiger partial charge is 0.118 e. The maximum absolute atomic E-state index is 9.80. The van der Waals surface area contributed by atoms with Crippen molar-refractivity contribution in [3.8, 4) is 5.75 Å². The van der Waals surface area contributed by atoms with Crippen LogP contribution >= 0.6 is 0 Å². The first kappa shape index (κ1) is 12.4. The molecule has 1 aromatic rings. The lowest BCUT2D eigenvalue weighted by atomic mass is 10.1. The average Bonchev–Trinajstić information content (AvgIpc) is 2.39. The minimum absolute atomic E-state index is 0.402. The minimum atomic E-state index is 0.402. The highest BCUT2D eigenvalue weighted by Crippen LogP contribution is 2.20. The highest BCUT2D eigenvalue weighted by atomic mass is 16.3. The molecule has 1 aliphatic heterocycles. The number of hydrogen-bond donors (Lipinski definition) is 2. The molecule has 1 fully saturated rings. The third-order valence-corrected chi connectivity index (χ3v) is 3.53. The fourth-order valence-corrected chi connectivity index (χ4v) is 2.43. The molecule has 1 saturated heterocycles. The number of nitrogens with two attached hydrogens (primary N) is 1. The van der Waals surface area contributed by atoms with E-state index in [1.165, 1.54) is 32.4 Å². The number of aromatic hydroxyl groups is 1. The molecule has 0 unspecified atom stereocenters. The van der Waals surface area contributed by atoms with Gasteiger partial charge in [-0.2, -0.15) is 0 Å². The summed E-state index contributed by atoms with van der Waals surface area (Å²) < 4.78 is 0. The molecule has 1 heterocycles. The zero-order valence-corrected chi connectivity index (χ0v) is 10.4. The van der Waals surface area contributed by atoms with Gasteiger partial charge in [-0.1, -0.05) is 18.6 Å². The molecule has 0 aliphatic carbocycles. The Labute approximate surface area is 103 Å². The molecule has 3 heteroatoms. The van der Waals surface area contributed by atoms with Crippen molar-refractivity contribution in [2.75, 3.05) is 19.6 Å². The summed E-state index contributed by atoms with van der Waals surface area (Å²) in [6.07, 6.45) is 4.91. The molecule has 0 atom stereocenters. The van der Waals surface area contributed by atoms with Crippen LogP contribution in [-0.4, -0.2) is 29.6 Å². The SMILES string of the molecule is NCc1ccc(O)c(CCN2CCCCC2)c1. The molecule has 0 radical (unpaired) electrons. The van der Waals surface area contributed by atoms with Gasteiger partial charge >= 0.3 is 0 Å². The van der Waals surface area contributed by atoms with Crippen molar-refractivity contribution in [3.63, 3.8) is 0 Å². The largest absolute Gasteiger partial charge is 0.508 e. The van der Waals surface area contributed by atoms with Crippen LogP contribution in [0.3, 0.4) is 0 Å². The second kappa shape index (κ2) is 6.03. The van der Waals surface area contributed by atoms with Crippen molar-refractivity contribution in [2.45, 2.75) is 32.2 Å². The van der Waals surface area contributed by atoms with E-state index in [1.54, 1.807) is 6.07 Å². The first-order chi connectivity index (χ1) is 8.29. The van der Waals surface area contributed by atoms with Crippen molar-refractivity contribution in [1.82, 2.24) is 4.90 Å². The Balaban J connectivity index is 1.92. The Morgan fingerprint density at radius 1 is 1.18 bits per heavy atom. The summed E-state index contributed by atoms with van der Waals surface area (Å²) in [7, 11) is 0. The van der Waals surface area contributed by atoms with Crippen molar-refractivity contribution in [1.29, 1.82) is 0 Å². The Bertz CT molecular complexity index is 359. The maximum atomic E-state index is 9.80. The van der Waals surface area contributed by atoms with Gasteiger partial charge in [0.2, 0.25) is 0 Å². The van der Waals surface area contributed by atoms with Crippen LogP contribution in [0.15, 0.2) is 18.2 Å². The summed E-state index contributed by atoms with van der Waals surface area (Å²) in [5.74, 6) is 0.402. The van der Waals surface area contributed by atoms with E-state index < -0.39 is 0 Å². The fraction of sp³-hybridized carbons (Fsp3) is 0.571. The van der Waals surface area contributed by atoms with E-state index in [2.05, 4.69) is 4.90 Å². The van der Waals surface area contributed by atoms with Gasteiger partial charge < -0.3 is 15.7 Å². The van der Waals surface area contributed by atoms with Gasteiger partial charge in [0.25, 0.3) is 0 Å². The molecule has 3 nitrogen and oxygen atoms in total. The van der Waals surface area contributed by atoms with Crippen LogP contribution in [0.1, 0.15) is 30.4 Å². The van der Waals surface area contributed by atoms with Gasteiger partial charge in [-0.3, -0.25) is 0 Å². The van der Waals surface area contributed by atoms with Crippen molar-refractivity contribution >= 4 is 0 Å². The van der Waals surface area contributed by atoms with Crippen molar-refractivity contribution in [3.05, 3.63) is 29.3 Å². The van der Waals surface area contributed by atoms with Gasteiger partial charge in [-0.25, -0.2) is 0 Å². The number of benzene rings is 1. The van der Waals surface area contributed by atoms with E-state index in [0.29, 0.717) is 12.3 Å². The maximum Gasteiger partial charge on any atom is 0.118 e. The van der Waals surface area contributed by atoms with Crippen molar-refractivity contribution in [2.24, 2.45) is 5.73 Å². The number of nitrogens with zero attached hydrogens (tertiary/aromatic N) is 1. The molecule has 0 amide bonds. The number of piperidine rings is 1. The topological polar surface area (TPSA) is 49.5 Å². The second-order valence-corrected chi connectivity index (χ2v) is 4.82. The molecule has 0 bridgehead atoms. The van der Waals surface area contributed by atoms with Gasteiger partial charge in [0, 0.05) is 13.1 Å². The predicted octanol–water partition coefficient (Wildman–Crippen LogP) is 1.88. The lowest BCUT2D eigenvalue weighted by molar-refractivity contribution is 0.231. The van der Waals surface area contributed by atoms with Gasteiger partial charge in [0.15, 0.2) is 0 Å². The monoisotopic (exact) mass is 234 g/mol. The van der Waals surface area contributed by atoms with Crippen molar-refractivity contribution < 1.29 is 5.11 Å². The molecule has 0 saturated carbocycles. The molecule has 1 aromatic carbocycles. The normalized spacial score (nSPS) is 17.2. The standard InChI is InChI=1S/C14H22N2O/c15-11-12-4-5-14(17)13(10-12)6-9-16-7-2-1-3-8-16/h4-5,10,17H,1-3,6-9,11,15H2. The van der Waals surface area contributed by atoms with Gasteiger partial charge in [-0.05, 0) is 49.5 Å². The number of likely N-dealkylation sites (tertiary alicyclic amines) is 1. The fourth-order valence-electron chi connectivity index (χ4n) is 2.43. The molecule has 0 aromatic heterocycles. The predicted molar refractivity (Wildman–Crippen MR) is 70.0 cm³/mol. The third kappa shape index (κ3) is 3.45. The Kier molecular flexibility index (Phi) is 4.40. The van der Waals surface area contributed by atoms with Crippen LogP contribution in [0.2, 0.25) is 0 Å². The molecule has 17 heavy (non-hydrogen) atoms.